The third-order valence-corrected chi connectivity index (χ3v) is 5.80. The molecule has 162 valence electrons. The first-order valence-electron chi connectivity index (χ1n) is 10.1. The van der Waals surface area contributed by atoms with Gasteiger partial charge >= 0.3 is 11.9 Å². The maximum Gasteiger partial charge on any atom is 0.414 e. The van der Waals surface area contributed by atoms with Gasteiger partial charge in [0.1, 0.15) is 5.82 Å². The molecule has 1 aliphatic carbocycles. The number of carboxylic acid groups (broad SMARTS) is 2. The minimum absolute atomic E-state index is 0.165. The van der Waals surface area contributed by atoms with Crippen molar-refractivity contribution in [3.05, 3.63) is 59.4 Å². The monoisotopic (exact) mass is 426 g/mol. The van der Waals surface area contributed by atoms with Crippen LogP contribution < -0.4 is 0 Å². The van der Waals surface area contributed by atoms with E-state index in [1.165, 1.54) is 22.6 Å². The molecule has 3 N–H and O–H groups in total. The van der Waals surface area contributed by atoms with Crippen molar-refractivity contribution in [3.63, 3.8) is 0 Å². The Kier molecular flexibility index (Phi) is 6.01. The Hall–Kier alpha value is -3.23. The van der Waals surface area contributed by atoms with Gasteiger partial charge in [-0.3, -0.25) is 4.90 Å². The van der Waals surface area contributed by atoms with E-state index in [1.54, 1.807) is 6.07 Å². The SMILES string of the molecule is Fc1ccccc1-c1[nH]c2cccc3c2c1CCC3N1CCOCC1.O=C(O)C(=O)O. The summed E-state index contributed by atoms with van der Waals surface area (Å²) in [5.41, 5.74) is 5.37. The number of aromatic nitrogens is 1. The highest BCUT2D eigenvalue weighted by atomic mass is 19.1. The predicted octanol–water partition coefficient (Wildman–Crippen LogP) is 3.45. The maximum absolute atomic E-state index is 14.4. The van der Waals surface area contributed by atoms with Crippen molar-refractivity contribution in [2.75, 3.05) is 26.3 Å². The van der Waals surface area contributed by atoms with E-state index in [1.807, 2.05) is 12.1 Å². The van der Waals surface area contributed by atoms with Crippen LogP contribution >= 0.6 is 0 Å². The molecule has 8 heteroatoms. The van der Waals surface area contributed by atoms with Crippen molar-refractivity contribution in [1.29, 1.82) is 0 Å². The van der Waals surface area contributed by atoms with Crippen LogP contribution in [0.2, 0.25) is 0 Å². The van der Waals surface area contributed by atoms with Crippen LogP contribution in [0.3, 0.4) is 0 Å². The second-order valence-corrected chi connectivity index (χ2v) is 7.54. The minimum Gasteiger partial charge on any atom is -0.473 e. The van der Waals surface area contributed by atoms with Gasteiger partial charge in [-0.05, 0) is 42.2 Å². The highest BCUT2D eigenvalue weighted by Gasteiger charge is 2.30. The molecule has 5 rings (SSSR count). The number of nitrogens with one attached hydrogen (secondary N) is 1. The van der Waals surface area contributed by atoms with Gasteiger partial charge in [0.25, 0.3) is 0 Å². The third-order valence-electron chi connectivity index (χ3n) is 5.80. The molecule has 1 unspecified atom stereocenters. The van der Waals surface area contributed by atoms with Crippen molar-refractivity contribution >= 4 is 22.8 Å². The van der Waals surface area contributed by atoms with Gasteiger partial charge in [0.2, 0.25) is 0 Å². The van der Waals surface area contributed by atoms with E-state index in [-0.39, 0.29) is 5.82 Å². The van der Waals surface area contributed by atoms with Crippen LogP contribution in [0.1, 0.15) is 23.6 Å². The van der Waals surface area contributed by atoms with E-state index in [9.17, 15) is 4.39 Å². The molecule has 7 nitrogen and oxygen atoms in total. The average molecular weight is 426 g/mol. The molecule has 0 radical (unpaired) electrons. The highest BCUT2D eigenvalue weighted by molar-refractivity contribution is 6.27. The van der Waals surface area contributed by atoms with Crippen LogP contribution in [-0.2, 0) is 20.7 Å². The van der Waals surface area contributed by atoms with Crippen LogP contribution in [-0.4, -0.2) is 58.3 Å². The first-order valence-corrected chi connectivity index (χ1v) is 10.1. The summed E-state index contributed by atoms with van der Waals surface area (Å²) < 4.78 is 19.9. The summed E-state index contributed by atoms with van der Waals surface area (Å²) in [6.07, 6.45) is 2.05. The molecule has 0 bridgehead atoms. The fourth-order valence-electron chi connectivity index (χ4n) is 4.47. The Morgan fingerprint density at radius 3 is 2.42 bits per heavy atom. The van der Waals surface area contributed by atoms with E-state index in [4.69, 9.17) is 24.5 Å². The van der Waals surface area contributed by atoms with Crippen molar-refractivity contribution in [1.82, 2.24) is 9.88 Å². The summed E-state index contributed by atoms with van der Waals surface area (Å²) in [6, 6.07) is 13.9. The fourth-order valence-corrected chi connectivity index (χ4v) is 4.47. The number of morpholine rings is 1. The number of hydrogen-bond donors (Lipinski definition) is 3. The number of aromatic amines is 1. The van der Waals surface area contributed by atoms with Crippen molar-refractivity contribution < 1.29 is 28.9 Å². The van der Waals surface area contributed by atoms with Crippen molar-refractivity contribution in [2.45, 2.75) is 18.9 Å². The van der Waals surface area contributed by atoms with E-state index < -0.39 is 11.9 Å². The minimum atomic E-state index is -1.82. The second kappa shape index (κ2) is 8.87. The van der Waals surface area contributed by atoms with Gasteiger partial charge in [-0.15, -0.1) is 0 Å². The lowest BCUT2D eigenvalue weighted by molar-refractivity contribution is -0.159. The number of nitrogens with zero attached hydrogens (tertiary/aromatic N) is 1. The van der Waals surface area contributed by atoms with Gasteiger partial charge in [-0.1, -0.05) is 24.3 Å². The lowest BCUT2D eigenvalue weighted by Gasteiger charge is -2.37. The van der Waals surface area contributed by atoms with Gasteiger partial charge < -0.3 is 19.9 Å². The van der Waals surface area contributed by atoms with Crippen molar-refractivity contribution in [2.24, 2.45) is 0 Å². The standard InChI is InChI=1S/C21H21FN2O.C2H2O4/c22-17-6-2-1-4-14(17)21-16-8-9-19(24-10-12-25-13-11-24)15-5-3-7-18(23-21)20(15)16;3-1(4)2(5)6/h1-7,19,23H,8-13H2;(H,3,4)(H,5,6). The summed E-state index contributed by atoms with van der Waals surface area (Å²) in [5, 5.41) is 16.1. The highest BCUT2D eigenvalue weighted by Crippen LogP contribution is 2.43. The molecule has 1 saturated heterocycles. The lowest BCUT2D eigenvalue weighted by atomic mass is 9.86. The molecule has 0 amide bonds. The number of rotatable bonds is 2. The third kappa shape index (κ3) is 4.17. The topological polar surface area (TPSA) is 103 Å². The Morgan fingerprint density at radius 2 is 1.74 bits per heavy atom. The van der Waals surface area contributed by atoms with Crippen LogP contribution in [0.5, 0.6) is 0 Å². The zero-order valence-electron chi connectivity index (χ0n) is 16.8. The first kappa shape index (κ1) is 21.0. The van der Waals surface area contributed by atoms with Crippen LogP contribution in [0.15, 0.2) is 42.5 Å². The fraction of sp³-hybridized carbons (Fsp3) is 0.304. The molecular weight excluding hydrogens is 403 g/mol. The molecule has 1 aliphatic heterocycles. The van der Waals surface area contributed by atoms with Crippen LogP contribution in [0, 0.1) is 5.82 Å². The summed E-state index contributed by atoms with van der Waals surface area (Å²) in [7, 11) is 0. The van der Waals surface area contributed by atoms with Gasteiger partial charge in [0, 0.05) is 35.6 Å². The van der Waals surface area contributed by atoms with Crippen LogP contribution in [0.4, 0.5) is 4.39 Å². The van der Waals surface area contributed by atoms with Gasteiger partial charge in [-0.2, -0.15) is 0 Å². The van der Waals surface area contributed by atoms with E-state index >= 15 is 0 Å². The van der Waals surface area contributed by atoms with Gasteiger partial charge in [-0.25, -0.2) is 14.0 Å². The Morgan fingerprint density at radius 1 is 1.03 bits per heavy atom. The van der Waals surface area contributed by atoms with Gasteiger partial charge in [0.15, 0.2) is 0 Å². The lowest BCUT2D eigenvalue weighted by Crippen LogP contribution is -2.40. The summed E-state index contributed by atoms with van der Waals surface area (Å²) in [6.45, 7) is 3.60. The molecule has 2 aromatic carbocycles. The predicted molar refractivity (Wildman–Crippen MR) is 112 cm³/mol. The zero-order valence-corrected chi connectivity index (χ0v) is 16.8. The number of ether oxygens (including phenoxy) is 1. The number of H-pyrrole nitrogens is 1. The molecule has 3 aromatic rings. The number of aliphatic carboxylic acids is 2. The Bertz CT molecular complexity index is 1110. The number of carbonyl (C=O) groups is 2. The molecular formula is C23H23FN2O5. The van der Waals surface area contributed by atoms with Crippen molar-refractivity contribution in [3.8, 4) is 11.3 Å². The number of benzene rings is 2. The van der Waals surface area contributed by atoms with E-state index in [0.717, 1.165) is 50.4 Å². The van der Waals surface area contributed by atoms with Gasteiger partial charge in [0.05, 0.1) is 18.9 Å². The number of hydrogen-bond acceptors (Lipinski definition) is 4. The smallest absolute Gasteiger partial charge is 0.414 e. The second-order valence-electron chi connectivity index (χ2n) is 7.54. The largest absolute Gasteiger partial charge is 0.473 e. The Balaban J connectivity index is 0.000000342. The number of halogens is 1. The Labute approximate surface area is 178 Å². The molecule has 2 aliphatic rings. The van der Waals surface area contributed by atoms with E-state index in [0.29, 0.717) is 11.6 Å². The normalized spacial score (nSPS) is 18.3. The summed E-state index contributed by atoms with van der Waals surface area (Å²) in [5.74, 6) is -3.81. The molecule has 31 heavy (non-hydrogen) atoms. The molecule has 2 heterocycles. The van der Waals surface area contributed by atoms with Crippen LogP contribution in [0.25, 0.3) is 22.2 Å². The quantitative estimate of drug-likeness (QED) is 0.543. The maximum atomic E-state index is 14.4. The number of carboxylic acids is 2. The molecule has 1 fully saturated rings. The van der Waals surface area contributed by atoms with E-state index in [2.05, 4.69) is 28.1 Å². The number of aryl methyl sites for hydroxylation is 1. The molecule has 1 aromatic heterocycles. The molecule has 1 atom stereocenters. The zero-order chi connectivity index (χ0) is 22.0. The summed E-state index contributed by atoms with van der Waals surface area (Å²) in [4.78, 5) is 24.2. The first-order chi connectivity index (χ1) is 15.0. The molecule has 0 spiro atoms. The average Bonchev–Trinajstić information content (AvgIpc) is 3.15. The summed E-state index contributed by atoms with van der Waals surface area (Å²) >= 11 is 0. The molecule has 0 saturated carbocycles.